The van der Waals surface area contributed by atoms with E-state index in [1.165, 1.54) is 6.08 Å². The first-order valence-electron chi connectivity index (χ1n) is 6.55. The van der Waals surface area contributed by atoms with E-state index in [9.17, 15) is 14.7 Å². The number of carbonyl (C=O) groups is 2. The molecule has 0 aromatic heterocycles. The van der Waals surface area contributed by atoms with Gasteiger partial charge in [-0.05, 0) is 37.8 Å². The van der Waals surface area contributed by atoms with E-state index in [1.807, 2.05) is 6.92 Å². The van der Waals surface area contributed by atoms with Gasteiger partial charge in [-0.15, -0.1) is 0 Å². The first-order valence-corrected chi connectivity index (χ1v) is 6.55. The van der Waals surface area contributed by atoms with Crippen LogP contribution in [0.15, 0.2) is 12.2 Å². The molecule has 2 fully saturated rings. The Bertz CT molecular complexity index is 455. The molecule has 1 saturated heterocycles. The fourth-order valence-electron chi connectivity index (χ4n) is 3.92. The van der Waals surface area contributed by atoms with Crippen LogP contribution in [0.3, 0.4) is 0 Å². The van der Waals surface area contributed by atoms with Gasteiger partial charge >= 0.3 is 5.97 Å². The van der Waals surface area contributed by atoms with Crippen molar-refractivity contribution in [2.45, 2.75) is 44.8 Å². The number of fused-ring (bicyclic) bond motifs is 3. The van der Waals surface area contributed by atoms with Crippen molar-refractivity contribution in [1.82, 2.24) is 0 Å². The molecule has 0 aromatic rings. The zero-order chi connectivity index (χ0) is 13.1. The molecule has 0 amide bonds. The van der Waals surface area contributed by atoms with Gasteiger partial charge in [0.2, 0.25) is 0 Å². The maximum atomic E-state index is 12.2. The van der Waals surface area contributed by atoms with Gasteiger partial charge in [-0.2, -0.15) is 0 Å². The smallest absolute Gasteiger partial charge is 0.306 e. The van der Waals surface area contributed by atoms with Crippen molar-refractivity contribution in [2.24, 2.45) is 17.3 Å². The molecule has 0 aromatic carbocycles. The van der Waals surface area contributed by atoms with Crippen LogP contribution in [0, 0.1) is 17.3 Å². The monoisotopic (exact) mass is 250 g/mol. The third kappa shape index (κ3) is 1.19. The van der Waals surface area contributed by atoms with Crippen molar-refractivity contribution in [2.75, 3.05) is 0 Å². The van der Waals surface area contributed by atoms with Gasteiger partial charge in [0.25, 0.3) is 0 Å². The van der Waals surface area contributed by atoms with Gasteiger partial charge in [-0.3, -0.25) is 9.59 Å². The van der Waals surface area contributed by atoms with E-state index < -0.39 is 17.1 Å². The summed E-state index contributed by atoms with van der Waals surface area (Å²) in [5, 5.41) is 10.9. The molecule has 5 atom stereocenters. The third-order valence-corrected chi connectivity index (χ3v) is 5.24. The van der Waals surface area contributed by atoms with Gasteiger partial charge in [-0.1, -0.05) is 6.92 Å². The predicted molar refractivity (Wildman–Crippen MR) is 63.6 cm³/mol. The molecule has 1 saturated carbocycles. The van der Waals surface area contributed by atoms with Crippen molar-refractivity contribution >= 4 is 11.8 Å². The zero-order valence-electron chi connectivity index (χ0n) is 10.7. The van der Waals surface area contributed by atoms with Crippen molar-refractivity contribution in [3.05, 3.63) is 12.2 Å². The Morgan fingerprint density at radius 1 is 1.39 bits per heavy atom. The van der Waals surface area contributed by atoms with Crippen LogP contribution in [-0.4, -0.2) is 28.6 Å². The molecule has 98 valence electrons. The number of rotatable bonds is 0. The summed E-state index contributed by atoms with van der Waals surface area (Å²) in [4.78, 5) is 23.8. The minimum Gasteiger partial charge on any atom is -0.461 e. The minimum absolute atomic E-state index is 0.00509. The molecule has 18 heavy (non-hydrogen) atoms. The number of ketones is 1. The second-order valence-electron chi connectivity index (χ2n) is 6.08. The summed E-state index contributed by atoms with van der Waals surface area (Å²) in [6, 6.07) is 0. The summed E-state index contributed by atoms with van der Waals surface area (Å²) in [7, 11) is 0. The van der Waals surface area contributed by atoms with Crippen LogP contribution < -0.4 is 0 Å². The summed E-state index contributed by atoms with van der Waals surface area (Å²) >= 11 is 0. The number of hydrogen-bond donors (Lipinski definition) is 1. The SMILES string of the molecule is C[C@H]1CCC2CC(=O)OC2[C@]2(C)C(=O)C=C[C@@]12O. The van der Waals surface area contributed by atoms with E-state index in [2.05, 4.69) is 0 Å². The Labute approximate surface area is 106 Å². The zero-order valence-corrected chi connectivity index (χ0v) is 10.7. The van der Waals surface area contributed by atoms with Crippen LogP contribution in [-0.2, 0) is 14.3 Å². The molecule has 0 bridgehead atoms. The summed E-state index contributed by atoms with van der Waals surface area (Å²) in [5.41, 5.74) is -2.20. The number of carbonyl (C=O) groups excluding carboxylic acids is 2. The Kier molecular flexibility index (Phi) is 2.28. The van der Waals surface area contributed by atoms with Gasteiger partial charge in [0.1, 0.15) is 11.7 Å². The minimum atomic E-state index is -1.19. The summed E-state index contributed by atoms with van der Waals surface area (Å²) in [6.45, 7) is 3.71. The highest BCUT2D eigenvalue weighted by molar-refractivity contribution is 6.00. The normalized spacial score (nSPS) is 50.7. The highest BCUT2D eigenvalue weighted by atomic mass is 16.6. The quantitative estimate of drug-likeness (QED) is 0.657. The summed E-state index contributed by atoms with van der Waals surface area (Å²) in [6.07, 6.45) is 4.58. The van der Waals surface area contributed by atoms with Crippen LogP contribution in [0.4, 0.5) is 0 Å². The van der Waals surface area contributed by atoms with E-state index >= 15 is 0 Å². The molecule has 4 heteroatoms. The van der Waals surface area contributed by atoms with Crippen molar-refractivity contribution < 1.29 is 19.4 Å². The Morgan fingerprint density at radius 2 is 2.11 bits per heavy atom. The average molecular weight is 250 g/mol. The first-order chi connectivity index (χ1) is 8.39. The van der Waals surface area contributed by atoms with Crippen LogP contribution >= 0.6 is 0 Å². The van der Waals surface area contributed by atoms with Gasteiger partial charge in [-0.25, -0.2) is 0 Å². The first kappa shape index (κ1) is 11.9. The van der Waals surface area contributed by atoms with Crippen LogP contribution in [0.2, 0.25) is 0 Å². The lowest BCUT2D eigenvalue weighted by Gasteiger charge is -2.43. The predicted octanol–water partition coefficient (Wildman–Crippen LogP) is 1.22. The fraction of sp³-hybridized carbons (Fsp3) is 0.714. The number of allylic oxidation sites excluding steroid dienone is 1. The maximum Gasteiger partial charge on any atom is 0.306 e. The lowest BCUT2D eigenvalue weighted by atomic mass is 9.65. The Hall–Kier alpha value is -1.16. The molecule has 3 aliphatic rings. The van der Waals surface area contributed by atoms with Gasteiger partial charge in [0.15, 0.2) is 5.78 Å². The average Bonchev–Trinajstić information content (AvgIpc) is 2.79. The largest absolute Gasteiger partial charge is 0.461 e. The Balaban J connectivity index is 2.12. The van der Waals surface area contributed by atoms with Gasteiger partial charge in [0.05, 0.1) is 11.8 Å². The maximum absolute atomic E-state index is 12.2. The molecular formula is C14H18O4. The Morgan fingerprint density at radius 3 is 2.83 bits per heavy atom. The third-order valence-electron chi connectivity index (χ3n) is 5.24. The lowest BCUT2D eigenvalue weighted by molar-refractivity contribution is -0.166. The number of aliphatic hydroxyl groups is 1. The fourth-order valence-corrected chi connectivity index (χ4v) is 3.92. The van der Waals surface area contributed by atoms with Gasteiger partial charge in [0, 0.05) is 5.92 Å². The number of ether oxygens (including phenoxy) is 1. The summed E-state index contributed by atoms with van der Waals surface area (Å²) in [5.74, 6) is -0.316. The second kappa shape index (κ2) is 3.44. The van der Waals surface area contributed by atoms with E-state index in [0.29, 0.717) is 6.42 Å². The van der Waals surface area contributed by atoms with Crippen molar-refractivity contribution in [3.8, 4) is 0 Å². The van der Waals surface area contributed by atoms with Crippen LogP contribution in [0.25, 0.3) is 0 Å². The van der Waals surface area contributed by atoms with Crippen molar-refractivity contribution in [1.29, 1.82) is 0 Å². The molecule has 1 N–H and O–H groups in total. The summed E-state index contributed by atoms with van der Waals surface area (Å²) < 4.78 is 5.39. The number of esters is 1. The van der Waals surface area contributed by atoms with E-state index in [-0.39, 0.29) is 23.6 Å². The van der Waals surface area contributed by atoms with Crippen molar-refractivity contribution in [3.63, 3.8) is 0 Å². The highest BCUT2D eigenvalue weighted by Gasteiger charge is 2.65. The van der Waals surface area contributed by atoms with E-state index in [0.717, 1.165) is 12.8 Å². The number of hydrogen-bond acceptors (Lipinski definition) is 4. The molecule has 1 heterocycles. The lowest BCUT2D eigenvalue weighted by Crippen LogP contribution is -2.56. The second-order valence-corrected chi connectivity index (χ2v) is 6.08. The highest BCUT2D eigenvalue weighted by Crippen LogP contribution is 2.55. The van der Waals surface area contributed by atoms with Crippen LogP contribution in [0.1, 0.15) is 33.1 Å². The molecular weight excluding hydrogens is 232 g/mol. The van der Waals surface area contributed by atoms with Gasteiger partial charge < -0.3 is 9.84 Å². The topological polar surface area (TPSA) is 63.6 Å². The van der Waals surface area contributed by atoms with Crippen LogP contribution in [0.5, 0.6) is 0 Å². The molecule has 2 aliphatic carbocycles. The molecule has 1 aliphatic heterocycles. The van der Waals surface area contributed by atoms with E-state index in [4.69, 9.17) is 4.74 Å². The molecule has 3 rings (SSSR count). The molecule has 0 spiro atoms. The molecule has 4 nitrogen and oxygen atoms in total. The molecule has 2 unspecified atom stereocenters. The van der Waals surface area contributed by atoms with E-state index in [1.54, 1.807) is 13.0 Å². The molecule has 0 radical (unpaired) electrons. The standard InChI is InChI=1S/C14H18O4/c1-8-3-4-9-7-11(16)18-12(9)13(2)10(15)5-6-14(8,13)17/h5-6,8-9,12,17H,3-4,7H2,1-2H3/t8-,9?,12?,13-,14+/m0/s1.